The van der Waals surface area contributed by atoms with Crippen molar-refractivity contribution in [2.24, 2.45) is 5.92 Å². The molecule has 3 heterocycles. The van der Waals surface area contributed by atoms with Gasteiger partial charge in [-0.05, 0) is 25.6 Å². The Morgan fingerprint density at radius 3 is 2.62 bits per heavy atom. The van der Waals surface area contributed by atoms with Crippen LogP contribution in [0.15, 0.2) is 61.3 Å². The smallest absolute Gasteiger partial charge is 0.259 e. The highest BCUT2D eigenvalue weighted by atomic mass is 16.5. The number of carbonyl (C=O) groups is 1. The summed E-state index contributed by atoms with van der Waals surface area (Å²) in [5.74, 6) is 0.143. The molecule has 178 valence electrons. The molecular formula is C26H31N5O3. The first-order chi connectivity index (χ1) is 16.5. The van der Waals surface area contributed by atoms with E-state index in [-0.39, 0.29) is 30.6 Å². The molecule has 4 rings (SSSR count). The summed E-state index contributed by atoms with van der Waals surface area (Å²) in [5, 5.41) is 9.84. The molecule has 8 nitrogen and oxygen atoms in total. The molecule has 1 aromatic carbocycles. The third kappa shape index (κ3) is 5.40. The van der Waals surface area contributed by atoms with Crippen molar-refractivity contribution in [1.29, 1.82) is 0 Å². The van der Waals surface area contributed by atoms with Crippen LogP contribution in [0.5, 0.6) is 5.88 Å². The number of hydrogen-bond acceptors (Lipinski definition) is 7. The number of aliphatic hydroxyl groups is 1. The highest BCUT2D eigenvalue weighted by Crippen LogP contribution is 2.30. The molecule has 34 heavy (non-hydrogen) atoms. The predicted molar refractivity (Wildman–Crippen MR) is 129 cm³/mol. The molecule has 8 heteroatoms. The molecule has 0 spiro atoms. The van der Waals surface area contributed by atoms with Gasteiger partial charge < -0.3 is 14.7 Å². The van der Waals surface area contributed by atoms with Gasteiger partial charge in [0.2, 0.25) is 5.88 Å². The van der Waals surface area contributed by atoms with Crippen molar-refractivity contribution in [3.63, 3.8) is 0 Å². The molecule has 1 aliphatic rings. The Labute approximate surface area is 200 Å². The number of carbonyl (C=O) groups excluding carboxylic acids is 1. The van der Waals surface area contributed by atoms with Gasteiger partial charge in [-0.15, -0.1) is 0 Å². The molecular weight excluding hydrogens is 430 g/mol. The molecule has 0 aliphatic carbocycles. The van der Waals surface area contributed by atoms with E-state index in [0.29, 0.717) is 24.5 Å². The minimum Gasteiger partial charge on any atom is -0.472 e. The molecule has 0 saturated carbocycles. The number of aliphatic hydroxyl groups excluding tert-OH is 1. The van der Waals surface area contributed by atoms with E-state index in [0.717, 1.165) is 17.7 Å². The van der Waals surface area contributed by atoms with Crippen molar-refractivity contribution in [3.05, 3.63) is 72.4 Å². The second-order valence-corrected chi connectivity index (χ2v) is 9.01. The van der Waals surface area contributed by atoms with Gasteiger partial charge in [0, 0.05) is 55.3 Å². The number of nitrogens with zero attached hydrogens (tertiary/aromatic N) is 5. The van der Waals surface area contributed by atoms with Crippen molar-refractivity contribution in [1.82, 2.24) is 24.8 Å². The summed E-state index contributed by atoms with van der Waals surface area (Å²) < 4.78 is 6.39. The number of benzene rings is 1. The maximum absolute atomic E-state index is 13.5. The van der Waals surface area contributed by atoms with Gasteiger partial charge in [0.1, 0.15) is 18.0 Å². The van der Waals surface area contributed by atoms with E-state index in [2.05, 4.69) is 46.0 Å². The average molecular weight is 462 g/mol. The van der Waals surface area contributed by atoms with E-state index >= 15 is 0 Å². The first-order valence-corrected chi connectivity index (χ1v) is 11.5. The normalized spacial score (nSPS) is 19.2. The van der Waals surface area contributed by atoms with Crippen LogP contribution in [0.25, 0.3) is 11.1 Å². The lowest BCUT2D eigenvalue weighted by Gasteiger charge is -2.37. The number of likely N-dealkylation sites (N-methyl/N-ethyl adjacent to an activating group) is 1. The van der Waals surface area contributed by atoms with E-state index in [1.807, 2.05) is 25.1 Å². The Balaban J connectivity index is 1.65. The van der Waals surface area contributed by atoms with Gasteiger partial charge in [0.25, 0.3) is 5.91 Å². The van der Waals surface area contributed by atoms with Gasteiger partial charge in [0.05, 0.1) is 12.6 Å². The first-order valence-electron chi connectivity index (χ1n) is 11.5. The number of aromatic nitrogens is 3. The Morgan fingerprint density at radius 2 is 1.91 bits per heavy atom. The van der Waals surface area contributed by atoms with Gasteiger partial charge in [-0.2, -0.15) is 0 Å². The number of pyridine rings is 1. The molecule has 0 bridgehead atoms. The summed E-state index contributed by atoms with van der Waals surface area (Å²) in [7, 11) is 2.06. The summed E-state index contributed by atoms with van der Waals surface area (Å²) in [6.07, 6.45) is 6.32. The predicted octanol–water partition coefficient (Wildman–Crippen LogP) is 2.89. The summed E-state index contributed by atoms with van der Waals surface area (Å²) in [4.78, 5) is 30.2. The quantitative estimate of drug-likeness (QED) is 0.578. The third-order valence-corrected chi connectivity index (χ3v) is 6.20. The fraction of sp³-hybridized carbons (Fsp3) is 0.385. The minimum atomic E-state index is -0.327. The lowest BCUT2D eigenvalue weighted by molar-refractivity contribution is 0.0325. The number of fused-ring (bicyclic) bond motifs is 1. The molecule has 0 saturated heterocycles. The zero-order valence-corrected chi connectivity index (χ0v) is 19.8. The van der Waals surface area contributed by atoms with Crippen molar-refractivity contribution < 1.29 is 14.6 Å². The minimum absolute atomic E-state index is 0.0355. The molecule has 1 N–H and O–H groups in total. The van der Waals surface area contributed by atoms with Crippen LogP contribution in [0, 0.1) is 5.92 Å². The van der Waals surface area contributed by atoms with E-state index in [9.17, 15) is 9.90 Å². The van der Waals surface area contributed by atoms with Crippen LogP contribution in [0.3, 0.4) is 0 Å². The van der Waals surface area contributed by atoms with E-state index in [1.165, 1.54) is 11.9 Å². The summed E-state index contributed by atoms with van der Waals surface area (Å²) >= 11 is 0. The summed E-state index contributed by atoms with van der Waals surface area (Å²) in [5.41, 5.74) is 3.10. The lowest BCUT2D eigenvalue weighted by Crippen LogP contribution is -2.49. The fourth-order valence-electron chi connectivity index (χ4n) is 4.19. The van der Waals surface area contributed by atoms with Crippen LogP contribution in [0.4, 0.5) is 0 Å². The average Bonchev–Trinajstić information content (AvgIpc) is 2.86. The molecule has 1 amide bonds. The monoisotopic (exact) mass is 461 g/mol. The topological polar surface area (TPSA) is 91.7 Å². The number of rotatable bonds is 7. The summed E-state index contributed by atoms with van der Waals surface area (Å²) in [6, 6.07) is 11.7. The Bertz CT molecular complexity index is 1100. The van der Waals surface area contributed by atoms with Gasteiger partial charge >= 0.3 is 0 Å². The Hall–Kier alpha value is -3.36. The van der Waals surface area contributed by atoms with Crippen molar-refractivity contribution in [2.75, 3.05) is 26.7 Å². The third-order valence-electron chi connectivity index (χ3n) is 6.20. The SMILES string of the molecule is C[C@@H]1CN([C@@H](C)CO)C(=O)c2cc(-c3cncnc3)cnc2O[C@H]1CN(C)Cc1ccccc1. The maximum Gasteiger partial charge on any atom is 0.259 e. The standard InChI is InChI=1S/C26H31N5O3/c1-18-13-31(19(2)16-32)26(33)23-9-21(22-10-27-17-28-11-22)12-29-25(23)34-24(18)15-30(3)14-20-7-5-4-6-8-20/h4-12,17-19,24,32H,13-16H2,1-3H3/t18-,19+,24+/m1/s1. The van der Waals surface area contributed by atoms with E-state index in [4.69, 9.17) is 4.74 Å². The number of amides is 1. The molecule has 3 atom stereocenters. The molecule has 2 aromatic heterocycles. The highest BCUT2D eigenvalue weighted by molar-refractivity contribution is 5.98. The highest BCUT2D eigenvalue weighted by Gasteiger charge is 2.34. The van der Waals surface area contributed by atoms with Crippen LogP contribution >= 0.6 is 0 Å². The van der Waals surface area contributed by atoms with Gasteiger partial charge in [-0.1, -0.05) is 37.3 Å². The van der Waals surface area contributed by atoms with Crippen LogP contribution in [0.1, 0.15) is 29.8 Å². The van der Waals surface area contributed by atoms with Crippen LogP contribution in [-0.4, -0.2) is 74.7 Å². The van der Waals surface area contributed by atoms with Crippen molar-refractivity contribution in [2.45, 2.75) is 32.5 Å². The lowest BCUT2D eigenvalue weighted by atomic mass is 9.99. The molecule has 1 aliphatic heterocycles. The van der Waals surface area contributed by atoms with E-state index < -0.39 is 0 Å². The molecule has 0 fully saturated rings. The number of hydrogen-bond donors (Lipinski definition) is 1. The van der Waals surface area contributed by atoms with Gasteiger partial charge in [0.15, 0.2) is 0 Å². The van der Waals surface area contributed by atoms with Crippen molar-refractivity contribution in [3.8, 4) is 17.0 Å². The number of ether oxygens (including phenoxy) is 1. The molecule has 3 aromatic rings. The summed E-state index contributed by atoms with van der Waals surface area (Å²) in [6.45, 7) is 5.74. The van der Waals surface area contributed by atoms with Gasteiger partial charge in [-0.25, -0.2) is 15.0 Å². The maximum atomic E-state index is 13.5. The zero-order chi connectivity index (χ0) is 24.1. The fourth-order valence-corrected chi connectivity index (χ4v) is 4.19. The first kappa shape index (κ1) is 23.8. The second kappa shape index (κ2) is 10.7. The van der Waals surface area contributed by atoms with Crippen LogP contribution in [-0.2, 0) is 6.54 Å². The Kier molecular flexibility index (Phi) is 7.49. The van der Waals surface area contributed by atoms with Gasteiger partial charge in [-0.3, -0.25) is 9.69 Å². The molecule has 0 unspecified atom stereocenters. The largest absolute Gasteiger partial charge is 0.472 e. The van der Waals surface area contributed by atoms with Crippen LogP contribution in [0.2, 0.25) is 0 Å². The second-order valence-electron chi connectivity index (χ2n) is 9.01. The molecule has 0 radical (unpaired) electrons. The Morgan fingerprint density at radius 1 is 1.18 bits per heavy atom. The van der Waals surface area contributed by atoms with E-state index in [1.54, 1.807) is 29.6 Å². The van der Waals surface area contributed by atoms with Crippen molar-refractivity contribution >= 4 is 5.91 Å². The zero-order valence-electron chi connectivity index (χ0n) is 19.8. The van der Waals surface area contributed by atoms with Crippen LogP contribution < -0.4 is 4.74 Å².